The van der Waals surface area contributed by atoms with E-state index >= 15 is 0 Å². The number of aliphatic hydroxyl groups is 2. The molecule has 0 heterocycles. The fourth-order valence-corrected chi connectivity index (χ4v) is 1.77. The first-order valence-electron chi connectivity index (χ1n) is 7.18. The molecule has 7 heteroatoms. The molecule has 0 rings (SSSR count). The summed E-state index contributed by atoms with van der Waals surface area (Å²) in [6.45, 7) is 8.90. The Kier molecular flexibility index (Phi) is 9.16. The van der Waals surface area contributed by atoms with Gasteiger partial charge in [0, 0.05) is 6.61 Å². The average molecular weight is 304 g/mol. The van der Waals surface area contributed by atoms with Crippen LogP contribution in [-0.2, 0) is 14.3 Å². The number of nitrogens with two attached hydrogens (primary N) is 1. The van der Waals surface area contributed by atoms with Gasteiger partial charge in [-0.15, -0.1) is 0 Å². The number of aliphatic hydroxyl groups excluding tert-OH is 2. The first-order chi connectivity index (χ1) is 9.65. The van der Waals surface area contributed by atoms with Crippen molar-refractivity contribution in [3.63, 3.8) is 0 Å². The Balaban J connectivity index is 4.50. The molecule has 0 radical (unpaired) electrons. The highest BCUT2D eigenvalue weighted by Gasteiger charge is 2.30. The zero-order valence-electron chi connectivity index (χ0n) is 13.2. The fourth-order valence-electron chi connectivity index (χ4n) is 1.77. The van der Waals surface area contributed by atoms with Crippen molar-refractivity contribution in [1.82, 2.24) is 5.32 Å². The minimum Gasteiger partial charge on any atom is -0.380 e. The largest absolute Gasteiger partial charge is 0.380 e. The number of hydrogen-bond acceptors (Lipinski definition) is 5. The topological polar surface area (TPSA) is 122 Å². The summed E-state index contributed by atoms with van der Waals surface area (Å²) in [6, 6.07) is -0.300. The van der Waals surface area contributed by atoms with Crippen molar-refractivity contribution in [2.45, 2.75) is 52.4 Å². The van der Waals surface area contributed by atoms with Crippen molar-refractivity contribution in [2.75, 3.05) is 13.2 Å². The molecule has 2 amide bonds. The van der Waals surface area contributed by atoms with E-state index in [9.17, 15) is 19.8 Å². The molecule has 0 unspecified atom stereocenters. The molecule has 0 aliphatic heterocycles. The Morgan fingerprint density at radius 3 is 2.05 bits per heavy atom. The second-order valence-electron chi connectivity index (χ2n) is 6.06. The third-order valence-corrected chi connectivity index (χ3v) is 2.73. The van der Waals surface area contributed by atoms with E-state index in [4.69, 9.17) is 10.5 Å². The summed E-state index contributed by atoms with van der Waals surface area (Å²) in [4.78, 5) is 22.6. The number of rotatable bonds is 10. The van der Waals surface area contributed by atoms with Gasteiger partial charge in [-0.1, -0.05) is 27.7 Å². The Labute approximate surface area is 125 Å². The zero-order valence-corrected chi connectivity index (χ0v) is 13.2. The Bertz CT molecular complexity index is 333. The molecular formula is C14H28N2O5. The fraction of sp³-hybridized carbons (Fsp3) is 0.857. The number of carbonyl (C=O) groups is 2. The van der Waals surface area contributed by atoms with E-state index in [2.05, 4.69) is 5.32 Å². The Morgan fingerprint density at radius 1 is 1.05 bits per heavy atom. The maximum Gasteiger partial charge on any atom is 0.252 e. The van der Waals surface area contributed by atoms with Crippen molar-refractivity contribution < 1.29 is 24.5 Å². The van der Waals surface area contributed by atoms with E-state index in [0.717, 1.165) is 0 Å². The van der Waals surface area contributed by atoms with Crippen LogP contribution in [-0.4, -0.2) is 53.5 Å². The van der Waals surface area contributed by atoms with Crippen molar-refractivity contribution in [1.29, 1.82) is 0 Å². The summed E-state index contributed by atoms with van der Waals surface area (Å²) in [5.41, 5.74) is 4.85. The van der Waals surface area contributed by atoms with Gasteiger partial charge in [-0.2, -0.15) is 0 Å². The van der Waals surface area contributed by atoms with Gasteiger partial charge >= 0.3 is 0 Å². The molecule has 0 aromatic rings. The van der Waals surface area contributed by atoms with Crippen molar-refractivity contribution in [2.24, 2.45) is 17.6 Å². The van der Waals surface area contributed by atoms with Crippen molar-refractivity contribution >= 4 is 11.8 Å². The second-order valence-corrected chi connectivity index (χ2v) is 6.06. The van der Waals surface area contributed by atoms with Gasteiger partial charge in [-0.3, -0.25) is 9.59 Å². The molecule has 0 aromatic heterocycles. The smallest absolute Gasteiger partial charge is 0.252 e. The highest BCUT2D eigenvalue weighted by molar-refractivity contribution is 5.89. The molecule has 0 fully saturated rings. The zero-order chi connectivity index (χ0) is 16.6. The third kappa shape index (κ3) is 8.64. The predicted octanol–water partition coefficient (Wildman–Crippen LogP) is -0.603. The highest BCUT2D eigenvalue weighted by atomic mass is 16.5. The average Bonchev–Trinajstić information content (AvgIpc) is 2.35. The number of carbonyl (C=O) groups excluding carboxylic acids is 2. The summed E-state index contributed by atoms with van der Waals surface area (Å²) in [5.74, 6) is -1.28. The first kappa shape index (κ1) is 19.8. The lowest BCUT2D eigenvalue weighted by atomic mass is 10.0. The minimum absolute atomic E-state index is 0.300. The Hall–Kier alpha value is -1.18. The molecule has 0 bridgehead atoms. The summed E-state index contributed by atoms with van der Waals surface area (Å²) in [6.07, 6.45) is -3.13. The molecule has 7 nitrogen and oxygen atoms in total. The van der Waals surface area contributed by atoms with E-state index in [-0.39, 0.29) is 6.04 Å². The summed E-state index contributed by atoms with van der Waals surface area (Å²) < 4.78 is 5.50. The molecule has 3 atom stereocenters. The van der Waals surface area contributed by atoms with E-state index in [1.165, 1.54) is 0 Å². The van der Waals surface area contributed by atoms with Crippen LogP contribution in [0.4, 0.5) is 0 Å². The molecule has 0 aliphatic carbocycles. The van der Waals surface area contributed by atoms with Crippen LogP contribution in [0.3, 0.4) is 0 Å². The Morgan fingerprint density at radius 2 is 1.62 bits per heavy atom. The molecule has 0 aromatic carbocycles. The van der Waals surface area contributed by atoms with Crippen LogP contribution in [0.1, 0.15) is 34.1 Å². The van der Waals surface area contributed by atoms with Gasteiger partial charge in [-0.05, 0) is 18.3 Å². The maximum absolute atomic E-state index is 11.8. The van der Waals surface area contributed by atoms with Gasteiger partial charge in [0.05, 0.1) is 12.6 Å². The van der Waals surface area contributed by atoms with Crippen molar-refractivity contribution in [3.05, 3.63) is 0 Å². The molecule has 5 N–H and O–H groups in total. The maximum atomic E-state index is 11.8. The normalized spacial score (nSPS) is 15.8. The van der Waals surface area contributed by atoms with Gasteiger partial charge in [0.15, 0.2) is 12.2 Å². The lowest BCUT2D eigenvalue weighted by molar-refractivity contribution is -0.145. The highest BCUT2D eigenvalue weighted by Crippen LogP contribution is 2.07. The van der Waals surface area contributed by atoms with E-state index in [0.29, 0.717) is 31.5 Å². The minimum atomic E-state index is -1.92. The number of hydrogen-bond donors (Lipinski definition) is 4. The standard InChI is InChI=1S/C14H28N2O5/c1-8(2)5-10(7-21-6-9(3)4)16-14(20)12(18)11(17)13(15)19/h8-12,17-18H,5-7H2,1-4H3,(H2,15,19)(H,16,20)/t10-,11-,12+/m0/s1. The van der Waals surface area contributed by atoms with Crippen LogP contribution in [0.2, 0.25) is 0 Å². The molecule has 0 saturated carbocycles. The number of primary amides is 1. The monoisotopic (exact) mass is 304 g/mol. The SMILES string of the molecule is CC(C)COC[C@H](CC(C)C)NC(=O)[C@H](O)[C@H](O)C(N)=O. The van der Waals surface area contributed by atoms with Crippen molar-refractivity contribution in [3.8, 4) is 0 Å². The van der Waals surface area contributed by atoms with E-state index < -0.39 is 24.0 Å². The molecule has 0 saturated heterocycles. The summed E-state index contributed by atoms with van der Waals surface area (Å²) >= 11 is 0. The molecule has 21 heavy (non-hydrogen) atoms. The molecule has 0 aliphatic rings. The first-order valence-corrected chi connectivity index (χ1v) is 7.18. The lowest BCUT2D eigenvalue weighted by Crippen LogP contribution is -2.51. The lowest BCUT2D eigenvalue weighted by Gasteiger charge is -2.23. The summed E-state index contributed by atoms with van der Waals surface area (Å²) in [5, 5.41) is 21.4. The van der Waals surface area contributed by atoms with Gasteiger partial charge in [-0.25, -0.2) is 0 Å². The van der Waals surface area contributed by atoms with Crippen LogP contribution < -0.4 is 11.1 Å². The van der Waals surface area contributed by atoms with E-state index in [1.54, 1.807) is 0 Å². The van der Waals surface area contributed by atoms with Crippen LogP contribution in [0, 0.1) is 11.8 Å². The second kappa shape index (κ2) is 9.70. The third-order valence-electron chi connectivity index (χ3n) is 2.73. The van der Waals surface area contributed by atoms with Crippen LogP contribution in [0.25, 0.3) is 0 Å². The van der Waals surface area contributed by atoms with Gasteiger partial charge < -0.3 is 26.0 Å². The van der Waals surface area contributed by atoms with Gasteiger partial charge in [0.25, 0.3) is 5.91 Å². The predicted molar refractivity (Wildman–Crippen MR) is 78.3 cm³/mol. The van der Waals surface area contributed by atoms with E-state index in [1.807, 2.05) is 27.7 Å². The summed E-state index contributed by atoms with van der Waals surface area (Å²) in [7, 11) is 0. The van der Waals surface area contributed by atoms with Gasteiger partial charge in [0.1, 0.15) is 0 Å². The molecular weight excluding hydrogens is 276 g/mol. The van der Waals surface area contributed by atoms with Crippen LogP contribution in [0.15, 0.2) is 0 Å². The van der Waals surface area contributed by atoms with Crippen LogP contribution in [0.5, 0.6) is 0 Å². The quantitative estimate of drug-likeness (QED) is 0.429. The van der Waals surface area contributed by atoms with Crippen LogP contribution >= 0.6 is 0 Å². The molecule has 124 valence electrons. The van der Waals surface area contributed by atoms with Gasteiger partial charge in [0.2, 0.25) is 5.91 Å². The number of nitrogens with one attached hydrogen (secondary N) is 1. The number of ether oxygens (including phenoxy) is 1. The number of amides is 2. The molecule has 0 spiro atoms.